The number of ether oxygens (including phenoxy) is 2. The first-order valence-corrected chi connectivity index (χ1v) is 10.1. The largest absolute Gasteiger partial charge is 0.445 e. The summed E-state index contributed by atoms with van der Waals surface area (Å²) in [4.78, 5) is 25.1. The lowest BCUT2D eigenvalue weighted by molar-refractivity contribution is -0.129. The normalized spacial score (nSPS) is 15.5. The highest BCUT2D eigenvalue weighted by molar-refractivity contribution is 7.90. The minimum atomic E-state index is -3.88. The average Bonchev–Trinajstić information content (AvgIpc) is 2.59. The Hall–Kier alpha value is -2.39. The molecule has 1 atom stereocenters. The van der Waals surface area contributed by atoms with Gasteiger partial charge in [0.2, 0.25) is 10.0 Å². The number of nitrogens with one attached hydrogen (secondary N) is 1. The van der Waals surface area contributed by atoms with Gasteiger partial charge in [0.15, 0.2) is 0 Å². The SMILES string of the molecule is C=CCCO[C@@H](C)C(=O)NS(=O)(=O)C1CN(C(=O)OCc2ccccc2)C1. The van der Waals surface area contributed by atoms with Crippen LogP contribution in [0.3, 0.4) is 0 Å². The van der Waals surface area contributed by atoms with Crippen LogP contribution < -0.4 is 4.72 Å². The van der Waals surface area contributed by atoms with Crippen molar-refractivity contribution in [3.63, 3.8) is 0 Å². The number of benzene rings is 1. The molecule has 1 aromatic carbocycles. The van der Waals surface area contributed by atoms with Gasteiger partial charge in [0.05, 0.1) is 6.61 Å². The van der Waals surface area contributed by atoms with Gasteiger partial charge in [0.1, 0.15) is 18.0 Å². The molecule has 0 unspecified atom stereocenters. The molecule has 2 amide bonds. The molecular formula is C18H24N2O6S. The third kappa shape index (κ3) is 6.07. The molecule has 0 bridgehead atoms. The highest BCUT2D eigenvalue weighted by Crippen LogP contribution is 2.17. The molecule has 0 radical (unpaired) electrons. The molecule has 27 heavy (non-hydrogen) atoms. The van der Waals surface area contributed by atoms with Crippen LogP contribution in [-0.4, -0.2) is 56.4 Å². The summed E-state index contributed by atoms with van der Waals surface area (Å²) >= 11 is 0. The van der Waals surface area contributed by atoms with Crippen LogP contribution in [0, 0.1) is 0 Å². The predicted molar refractivity (Wildman–Crippen MR) is 99.3 cm³/mol. The Labute approximate surface area is 159 Å². The number of rotatable bonds is 9. The first kappa shape index (κ1) is 20.9. The van der Waals surface area contributed by atoms with Gasteiger partial charge in [-0.3, -0.25) is 9.52 Å². The van der Waals surface area contributed by atoms with E-state index in [1.807, 2.05) is 35.1 Å². The molecule has 1 aliphatic rings. The number of nitrogens with zero attached hydrogens (tertiary/aromatic N) is 1. The Balaban J connectivity index is 1.75. The minimum absolute atomic E-state index is 0.0259. The predicted octanol–water partition coefficient (Wildman–Crippen LogP) is 1.43. The highest BCUT2D eigenvalue weighted by Gasteiger charge is 2.41. The molecule has 8 nitrogen and oxygen atoms in total. The molecule has 0 aromatic heterocycles. The second-order valence-electron chi connectivity index (χ2n) is 6.17. The lowest BCUT2D eigenvalue weighted by Gasteiger charge is -2.37. The Kier molecular flexibility index (Phi) is 7.37. The number of amides is 2. The average molecular weight is 396 g/mol. The second-order valence-corrected chi connectivity index (χ2v) is 8.13. The maximum Gasteiger partial charge on any atom is 0.410 e. The zero-order valence-electron chi connectivity index (χ0n) is 15.2. The van der Waals surface area contributed by atoms with E-state index in [0.29, 0.717) is 6.42 Å². The van der Waals surface area contributed by atoms with Crippen molar-refractivity contribution >= 4 is 22.0 Å². The summed E-state index contributed by atoms with van der Waals surface area (Å²) in [7, 11) is -3.88. The summed E-state index contributed by atoms with van der Waals surface area (Å²) in [6, 6.07) is 9.17. The Morgan fingerprint density at radius 3 is 2.63 bits per heavy atom. The number of carbonyl (C=O) groups is 2. The van der Waals surface area contributed by atoms with Crippen LogP contribution in [0.2, 0.25) is 0 Å². The molecule has 9 heteroatoms. The molecule has 0 aliphatic carbocycles. The first-order chi connectivity index (χ1) is 12.8. The summed E-state index contributed by atoms with van der Waals surface area (Å²) in [6.07, 6.45) is 0.721. The van der Waals surface area contributed by atoms with E-state index in [1.165, 1.54) is 11.8 Å². The maximum absolute atomic E-state index is 12.2. The standard InChI is InChI=1S/C18H24N2O6S/c1-3-4-10-25-14(2)17(21)19-27(23,24)16-11-20(12-16)18(22)26-13-15-8-6-5-7-9-15/h3,5-9,14,16H,1,4,10-13H2,2H3,(H,19,21)/t14-/m0/s1. The molecule has 0 spiro atoms. The van der Waals surface area contributed by atoms with Crippen molar-refractivity contribution in [1.82, 2.24) is 9.62 Å². The van der Waals surface area contributed by atoms with Gasteiger partial charge in [-0.25, -0.2) is 13.2 Å². The third-order valence-corrected chi connectivity index (χ3v) is 5.71. The van der Waals surface area contributed by atoms with Crippen LogP contribution >= 0.6 is 0 Å². The van der Waals surface area contributed by atoms with E-state index in [1.54, 1.807) is 6.08 Å². The fourth-order valence-electron chi connectivity index (χ4n) is 2.30. The zero-order chi connectivity index (χ0) is 19.9. The molecule has 0 saturated carbocycles. The molecule has 1 fully saturated rings. The van der Waals surface area contributed by atoms with Crippen molar-refractivity contribution in [2.45, 2.75) is 31.3 Å². The third-order valence-electron chi connectivity index (χ3n) is 4.05. The lowest BCUT2D eigenvalue weighted by Crippen LogP contribution is -2.60. The van der Waals surface area contributed by atoms with E-state index in [0.717, 1.165) is 5.56 Å². The van der Waals surface area contributed by atoms with E-state index in [-0.39, 0.29) is 26.3 Å². The zero-order valence-corrected chi connectivity index (χ0v) is 16.0. The van der Waals surface area contributed by atoms with Crippen LogP contribution in [-0.2, 0) is 30.9 Å². The van der Waals surface area contributed by atoms with Gasteiger partial charge < -0.3 is 14.4 Å². The topological polar surface area (TPSA) is 102 Å². The lowest BCUT2D eigenvalue weighted by atomic mass is 10.2. The van der Waals surface area contributed by atoms with Gasteiger partial charge in [-0.1, -0.05) is 36.4 Å². The smallest absolute Gasteiger partial charge is 0.410 e. The van der Waals surface area contributed by atoms with Crippen molar-refractivity contribution in [3.05, 3.63) is 48.6 Å². The van der Waals surface area contributed by atoms with Crippen molar-refractivity contribution < 1.29 is 27.5 Å². The van der Waals surface area contributed by atoms with Gasteiger partial charge in [0, 0.05) is 13.1 Å². The quantitative estimate of drug-likeness (QED) is 0.501. The van der Waals surface area contributed by atoms with Gasteiger partial charge in [-0.2, -0.15) is 0 Å². The van der Waals surface area contributed by atoms with Gasteiger partial charge in [0.25, 0.3) is 5.91 Å². The minimum Gasteiger partial charge on any atom is -0.445 e. The van der Waals surface area contributed by atoms with Crippen molar-refractivity contribution in [3.8, 4) is 0 Å². The van der Waals surface area contributed by atoms with Gasteiger partial charge >= 0.3 is 6.09 Å². The van der Waals surface area contributed by atoms with Crippen molar-refractivity contribution in [2.24, 2.45) is 0 Å². The molecule has 1 aliphatic heterocycles. The fraction of sp³-hybridized carbons (Fsp3) is 0.444. The van der Waals surface area contributed by atoms with Gasteiger partial charge in [-0.05, 0) is 18.9 Å². The fourth-order valence-corrected chi connectivity index (χ4v) is 3.67. The van der Waals surface area contributed by atoms with Crippen LogP contribution in [0.5, 0.6) is 0 Å². The Morgan fingerprint density at radius 1 is 1.33 bits per heavy atom. The number of likely N-dealkylation sites (tertiary alicyclic amines) is 1. The molecule has 1 heterocycles. The van der Waals surface area contributed by atoms with Crippen molar-refractivity contribution in [1.29, 1.82) is 0 Å². The first-order valence-electron chi connectivity index (χ1n) is 8.57. The molecule has 1 aromatic rings. The summed E-state index contributed by atoms with van der Waals surface area (Å²) in [5, 5.41) is -0.855. The summed E-state index contributed by atoms with van der Waals surface area (Å²) < 4.78 is 36.8. The van der Waals surface area contributed by atoms with E-state index >= 15 is 0 Å². The number of hydrogen-bond donors (Lipinski definition) is 1. The van der Waals surface area contributed by atoms with Crippen LogP contribution in [0.4, 0.5) is 4.79 Å². The van der Waals surface area contributed by atoms with Gasteiger partial charge in [-0.15, -0.1) is 6.58 Å². The Morgan fingerprint density at radius 2 is 2.00 bits per heavy atom. The Bertz CT molecular complexity index is 759. The molecule has 1 N–H and O–H groups in total. The summed E-state index contributed by atoms with van der Waals surface area (Å²) in [5.41, 5.74) is 0.841. The van der Waals surface area contributed by atoms with Crippen LogP contribution in [0.15, 0.2) is 43.0 Å². The molecular weight excluding hydrogens is 372 g/mol. The second kappa shape index (κ2) is 9.52. The molecule has 1 saturated heterocycles. The van der Waals surface area contributed by atoms with Crippen LogP contribution in [0.1, 0.15) is 18.9 Å². The summed E-state index contributed by atoms with van der Waals surface area (Å²) in [5.74, 6) is -0.732. The molecule has 148 valence electrons. The highest BCUT2D eigenvalue weighted by atomic mass is 32.2. The van der Waals surface area contributed by atoms with E-state index < -0.39 is 33.4 Å². The number of hydrogen-bond acceptors (Lipinski definition) is 6. The summed E-state index contributed by atoms with van der Waals surface area (Å²) in [6.45, 7) is 5.35. The molecule has 2 rings (SSSR count). The van der Waals surface area contributed by atoms with Crippen LogP contribution in [0.25, 0.3) is 0 Å². The number of sulfonamides is 1. The maximum atomic E-state index is 12.2. The number of carbonyl (C=O) groups excluding carboxylic acids is 2. The van der Waals surface area contributed by atoms with E-state index in [4.69, 9.17) is 9.47 Å². The van der Waals surface area contributed by atoms with Crippen molar-refractivity contribution in [2.75, 3.05) is 19.7 Å². The van der Waals surface area contributed by atoms with E-state index in [2.05, 4.69) is 6.58 Å². The van der Waals surface area contributed by atoms with E-state index in [9.17, 15) is 18.0 Å². The monoisotopic (exact) mass is 396 g/mol.